The van der Waals surface area contributed by atoms with Gasteiger partial charge in [-0.05, 0) is 74.4 Å². The number of carbonyl (C=O) groups is 3. The van der Waals surface area contributed by atoms with Crippen molar-refractivity contribution >= 4 is 17.8 Å². The standard InChI is InChI=1S/C32H41NO8/c34-30(33-21-26(22-33)32(37)38)20-25-19-24(31(35)36)12-15-29(25)41-18-6-7-23-10-13-28(14-11-23)40-17-5-4-16-39-27-8-2-1-3-9-27/h10-15,19,26-27H,1-9,16-18,20-22H2,(H,35,36)(H,37,38). The highest BCUT2D eigenvalue weighted by Gasteiger charge is 2.35. The van der Waals surface area contributed by atoms with Crippen LogP contribution in [0.5, 0.6) is 11.5 Å². The molecule has 0 unspecified atom stereocenters. The molecule has 9 nitrogen and oxygen atoms in total. The Kier molecular flexibility index (Phi) is 11.4. The van der Waals surface area contributed by atoms with E-state index in [-0.39, 0.29) is 31.0 Å². The van der Waals surface area contributed by atoms with Crippen molar-refractivity contribution in [1.29, 1.82) is 0 Å². The highest BCUT2D eigenvalue weighted by atomic mass is 16.5. The minimum Gasteiger partial charge on any atom is -0.494 e. The van der Waals surface area contributed by atoms with Crippen LogP contribution in [0.3, 0.4) is 0 Å². The van der Waals surface area contributed by atoms with Gasteiger partial charge in [0.2, 0.25) is 5.91 Å². The van der Waals surface area contributed by atoms with Gasteiger partial charge >= 0.3 is 11.9 Å². The molecule has 0 atom stereocenters. The van der Waals surface area contributed by atoms with Crippen molar-refractivity contribution in [2.75, 3.05) is 32.9 Å². The third-order valence-corrected chi connectivity index (χ3v) is 7.74. The number of nitrogens with zero attached hydrogens (tertiary/aromatic N) is 1. The number of likely N-dealkylation sites (tertiary alicyclic amines) is 1. The molecule has 2 fully saturated rings. The number of carboxylic acid groups (broad SMARTS) is 2. The van der Waals surface area contributed by atoms with Gasteiger partial charge in [0.25, 0.3) is 0 Å². The molecule has 0 spiro atoms. The zero-order valence-corrected chi connectivity index (χ0v) is 23.6. The van der Waals surface area contributed by atoms with Gasteiger partial charge in [0.1, 0.15) is 11.5 Å². The zero-order valence-electron chi connectivity index (χ0n) is 23.6. The second kappa shape index (κ2) is 15.4. The third-order valence-electron chi connectivity index (χ3n) is 7.74. The van der Waals surface area contributed by atoms with Crippen LogP contribution in [-0.2, 0) is 27.2 Å². The smallest absolute Gasteiger partial charge is 0.335 e. The molecule has 1 saturated heterocycles. The van der Waals surface area contributed by atoms with Gasteiger partial charge in [-0.2, -0.15) is 0 Å². The van der Waals surface area contributed by atoms with E-state index in [0.717, 1.165) is 43.6 Å². The maximum atomic E-state index is 12.6. The molecule has 2 aromatic carbocycles. The van der Waals surface area contributed by atoms with Crippen molar-refractivity contribution in [3.8, 4) is 11.5 Å². The Morgan fingerprint density at radius 1 is 0.829 bits per heavy atom. The molecular formula is C32H41NO8. The second-order valence-electron chi connectivity index (χ2n) is 10.9. The van der Waals surface area contributed by atoms with Crippen LogP contribution in [-0.4, -0.2) is 72.0 Å². The van der Waals surface area contributed by atoms with Crippen LogP contribution in [0.25, 0.3) is 0 Å². The number of unbranched alkanes of at least 4 members (excludes halogenated alkanes) is 1. The highest BCUT2D eigenvalue weighted by Crippen LogP contribution is 2.25. The number of carbonyl (C=O) groups excluding carboxylic acids is 1. The summed E-state index contributed by atoms with van der Waals surface area (Å²) in [4.78, 5) is 36.6. The number of ether oxygens (including phenoxy) is 3. The number of carboxylic acids is 2. The normalized spacial score (nSPS) is 15.8. The molecule has 0 radical (unpaired) electrons. The first-order valence-corrected chi connectivity index (χ1v) is 14.7. The molecule has 1 heterocycles. The van der Waals surface area contributed by atoms with Gasteiger partial charge in [-0.3, -0.25) is 9.59 Å². The van der Waals surface area contributed by atoms with Crippen LogP contribution in [0.4, 0.5) is 0 Å². The summed E-state index contributed by atoms with van der Waals surface area (Å²) in [5.74, 6) is -1.48. The molecule has 2 aliphatic rings. The first-order chi connectivity index (χ1) is 19.9. The molecule has 4 rings (SSSR count). The molecule has 1 aliphatic carbocycles. The van der Waals surface area contributed by atoms with E-state index in [2.05, 4.69) is 0 Å². The van der Waals surface area contributed by atoms with Gasteiger partial charge in [-0.25, -0.2) is 4.79 Å². The summed E-state index contributed by atoms with van der Waals surface area (Å²) in [5, 5.41) is 18.4. The first kappa shape index (κ1) is 30.4. The van der Waals surface area contributed by atoms with Gasteiger partial charge in [-0.1, -0.05) is 31.4 Å². The third kappa shape index (κ3) is 9.49. The molecule has 2 N–H and O–H groups in total. The summed E-state index contributed by atoms with van der Waals surface area (Å²) in [6, 6.07) is 12.5. The van der Waals surface area contributed by atoms with E-state index >= 15 is 0 Å². The lowest BCUT2D eigenvalue weighted by Gasteiger charge is -2.36. The fourth-order valence-electron chi connectivity index (χ4n) is 5.19. The fourth-order valence-corrected chi connectivity index (χ4v) is 5.19. The zero-order chi connectivity index (χ0) is 29.0. The summed E-state index contributed by atoms with van der Waals surface area (Å²) in [7, 11) is 0. The van der Waals surface area contributed by atoms with Crippen LogP contribution < -0.4 is 9.47 Å². The average Bonchev–Trinajstić information content (AvgIpc) is 2.93. The van der Waals surface area contributed by atoms with E-state index in [0.29, 0.717) is 30.6 Å². The molecule has 2 aromatic rings. The van der Waals surface area contributed by atoms with Gasteiger partial charge in [-0.15, -0.1) is 0 Å². The van der Waals surface area contributed by atoms with Crippen LogP contribution in [0.2, 0.25) is 0 Å². The molecular weight excluding hydrogens is 526 g/mol. The van der Waals surface area contributed by atoms with Gasteiger partial charge in [0.05, 0.1) is 37.2 Å². The summed E-state index contributed by atoms with van der Waals surface area (Å²) in [5.41, 5.74) is 1.71. The topological polar surface area (TPSA) is 123 Å². The predicted octanol–water partition coefficient (Wildman–Crippen LogP) is 4.99. The Morgan fingerprint density at radius 2 is 1.54 bits per heavy atom. The molecule has 41 heavy (non-hydrogen) atoms. The quantitative estimate of drug-likeness (QED) is 0.272. The molecule has 0 bridgehead atoms. The van der Waals surface area contributed by atoms with Crippen LogP contribution in [0.1, 0.15) is 72.9 Å². The maximum absolute atomic E-state index is 12.6. The van der Waals surface area contributed by atoms with Crippen molar-refractivity contribution in [1.82, 2.24) is 4.90 Å². The molecule has 9 heteroatoms. The largest absolute Gasteiger partial charge is 0.494 e. The van der Waals surface area contributed by atoms with Crippen LogP contribution >= 0.6 is 0 Å². The molecule has 222 valence electrons. The molecule has 1 aliphatic heterocycles. The van der Waals surface area contributed by atoms with Crippen molar-refractivity contribution in [3.63, 3.8) is 0 Å². The Morgan fingerprint density at radius 3 is 2.24 bits per heavy atom. The lowest BCUT2D eigenvalue weighted by Crippen LogP contribution is -2.53. The lowest BCUT2D eigenvalue weighted by atomic mass is 9.98. The van der Waals surface area contributed by atoms with E-state index < -0.39 is 17.9 Å². The Balaban J connectivity index is 1.16. The van der Waals surface area contributed by atoms with E-state index in [9.17, 15) is 19.5 Å². The van der Waals surface area contributed by atoms with Crippen LogP contribution in [0.15, 0.2) is 42.5 Å². The minimum absolute atomic E-state index is 0.0439. The average molecular weight is 568 g/mol. The number of aliphatic carboxylic acids is 1. The summed E-state index contributed by atoms with van der Waals surface area (Å²) in [6.45, 7) is 2.22. The SMILES string of the molecule is O=C(O)c1ccc(OCCCc2ccc(OCCCCOC3CCCCC3)cc2)c(CC(=O)N2CC(C(=O)O)C2)c1. The van der Waals surface area contributed by atoms with Gasteiger partial charge < -0.3 is 29.3 Å². The number of amides is 1. The highest BCUT2D eigenvalue weighted by molar-refractivity contribution is 5.89. The number of aromatic carboxylic acids is 1. The Hall–Kier alpha value is -3.59. The maximum Gasteiger partial charge on any atom is 0.335 e. The lowest BCUT2D eigenvalue weighted by molar-refractivity contribution is -0.152. The van der Waals surface area contributed by atoms with Crippen molar-refractivity contribution in [2.45, 2.75) is 70.3 Å². The number of hydrogen-bond acceptors (Lipinski definition) is 6. The number of rotatable bonds is 16. The predicted molar refractivity (Wildman–Crippen MR) is 153 cm³/mol. The van der Waals surface area contributed by atoms with Crippen molar-refractivity contribution < 1.29 is 38.8 Å². The van der Waals surface area contributed by atoms with E-state index in [1.54, 1.807) is 6.07 Å². The number of hydrogen-bond donors (Lipinski definition) is 2. The van der Waals surface area contributed by atoms with Crippen LogP contribution in [0, 0.1) is 5.92 Å². The van der Waals surface area contributed by atoms with E-state index in [1.165, 1.54) is 49.1 Å². The molecule has 1 saturated carbocycles. The Labute approximate surface area is 241 Å². The van der Waals surface area contributed by atoms with Crippen molar-refractivity contribution in [2.24, 2.45) is 5.92 Å². The summed E-state index contributed by atoms with van der Waals surface area (Å²) >= 11 is 0. The number of benzene rings is 2. The molecule has 1 amide bonds. The second-order valence-corrected chi connectivity index (χ2v) is 10.9. The first-order valence-electron chi connectivity index (χ1n) is 14.7. The molecule has 0 aromatic heterocycles. The number of aryl methyl sites for hydroxylation is 1. The Bertz CT molecular complexity index is 1150. The van der Waals surface area contributed by atoms with Gasteiger partial charge in [0.15, 0.2) is 0 Å². The summed E-state index contributed by atoms with van der Waals surface area (Å²) < 4.78 is 17.8. The van der Waals surface area contributed by atoms with Crippen molar-refractivity contribution in [3.05, 3.63) is 59.2 Å². The monoisotopic (exact) mass is 567 g/mol. The fraction of sp³-hybridized carbons (Fsp3) is 0.531. The minimum atomic E-state index is -1.09. The van der Waals surface area contributed by atoms with Gasteiger partial charge in [0, 0.05) is 25.3 Å². The van der Waals surface area contributed by atoms with E-state index in [4.69, 9.17) is 19.3 Å². The summed E-state index contributed by atoms with van der Waals surface area (Å²) in [6.07, 6.45) is 10.2. The van der Waals surface area contributed by atoms with E-state index in [1.807, 2.05) is 24.3 Å².